The first-order valence-corrected chi connectivity index (χ1v) is 11.4. The number of carbonyl (C=O) groups is 3. The van der Waals surface area contributed by atoms with Gasteiger partial charge in [0.1, 0.15) is 6.61 Å². The lowest BCUT2D eigenvalue weighted by atomic mass is 10.2. The van der Waals surface area contributed by atoms with Gasteiger partial charge in [-0.2, -0.15) is 0 Å². The van der Waals surface area contributed by atoms with Crippen LogP contribution in [0.15, 0.2) is 73.4 Å². The van der Waals surface area contributed by atoms with Gasteiger partial charge in [0.25, 0.3) is 0 Å². The second kappa shape index (κ2) is 22.3. The zero-order chi connectivity index (χ0) is 27.1. The van der Waals surface area contributed by atoms with E-state index in [-0.39, 0.29) is 25.2 Å². The van der Waals surface area contributed by atoms with Crippen LogP contribution in [0.4, 0.5) is 0 Å². The van der Waals surface area contributed by atoms with E-state index in [1.807, 2.05) is 57.2 Å². The SMILES string of the molecule is C=C(C)C(=O)OCCO.C=C(C=Cc1ccccc1)C(=O)OCC(C)C.C=CC(=O)OCCCC. The number of rotatable bonds is 12. The van der Waals surface area contributed by atoms with Crippen molar-refractivity contribution in [2.75, 3.05) is 26.4 Å². The van der Waals surface area contributed by atoms with Crippen LogP contribution in [-0.4, -0.2) is 49.4 Å². The summed E-state index contributed by atoms with van der Waals surface area (Å²) in [5, 5.41) is 8.19. The maximum atomic E-state index is 11.5. The number of ether oxygens (including phenoxy) is 3. The van der Waals surface area contributed by atoms with Crippen molar-refractivity contribution < 1.29 is 33.7 Å². The highest BCUT2D eigenvalue weighted by molar-refractivity contribution is 5.92. The Morgan fingerprint density at radius 1 is 1.00 bits per heavy atom. The van der Waals surface area contributed by atoms with Crippen LogP contribution in [0.25, 0.3) is 6.08 Å². The molecule has 0 heterocycles. The standard InChI is InChI=1S/C15H18O2.C7H12O2.C6H10O3/c1-12(2)11-17-15(16)13(3)9-10-14-7-5-4-6-8-14;1-3-5-6-9-7(8)4-2;1-5(2)6(8)9-4-3-7/h4-10,12H,3,11H2,1-2H3;4H,2-3,5-6H2,1H3;7H,1,3-4H2,2H3. The first-order chi connectivity index (χ1) is 16.6. The fraction of sp³-hybridized carbons (Fsp3) is 0.393. The Kier molecular flexibility index (Phi) is 21.5. The summed E-state index contributed by atoms with van der Waals surface area (Å²) in [5.41, 5.74) is 1.75. The Morgan fingerprint density at radius 2 is 1.63 bits per heavy atom. The summed E-state index contributed by atoms with van der Waals surface area (Å²) in [7, 11) is 0. The van der Waals surface area contributed by atoms with Gasteiger partial charge in [0.15, 0.2) is 0 Å². The van der Waals surface area contributed by atoms with Crippen LogP contribution in [0, 0.1) is 5.92 Å². The van der Waals surface area contributed by atoms with Gasteiger partial charge in [-0.15, -0.1) is 0 Å². The fourth-order valence-corrected chi connectivity index (χ4v) is 1.80. The highest BCUT2D eigenvalue weighted by Crippen LogP contribution is 2.06. The molecule has 0 saturated heterocycles. The number of benzene rings is 1. The normalized spacial score (nSPS) is 9.66. The second-order valence-electron chi connectivity index (χ2n) is 7.63. The van der Waals surface area contributed by atoms with E-state index in [0.29, 0.717) is 30.3 Å². The van der Waals surface area contributed by atoms with Gasteiger partial charge in [0.2, 0.25) is 0 Å². The highest BCUT2D eigenvalue weighted by atomic mass is 16.5. The van der Waals surface area contributed by atoms with Gasteiger partial charge in [-0.05, 0) is 30.9 Å². The van der Waals surface area contributed by atoms with Crippen molar-refractivity contribution in [3.05, 3.63) is 78.9 Å². The fourth-order valence-electron chi connectivity index (χ4n) is 1.80. The number of esters is 3. The summed E-state index contributed by atoms with van der Waals surface area (Å²) in [5.74, 6) is -0.803. The van der Waals surface area contributed by atoms with Gasteiger partial charge < -0.3 is 19.3 Å². The molecule has 0 radical (unpaired) electrons. The third kappa shape index (κ3) is 22.1. The molecule has 0 amide bonds. The zero-order valence-electron chi connectivity index (χ0n) is 21.5. The van der Waals surface area contributed by atoms with Crippen LogP contribution in [-0.2, 0) is 28.6 Å². The van der Waals surface area contributed by atoms with E-state index in [0.717, 1.165) is 18.4 Å². The molecule has 1 rings (SSSR count). The Labute approximate surface area is 209 Å². The number of unbranched alkanes of at least 4 members (excludes halogenated alkanes) is 1. The molecule has 1 N–H and O–H groups in total. The summed E-state index contributed by atoms with van der Waals surface area (Å²) >= 11 is 0. The lowest BCUT2D eigenvalue weighted by molar-refractivity contribution is -0.140. The van der Waals surface area contributed by atoms with Gasteiger partial charge >= 0.3 is 17.9 Å². The summed E-state index contributed by atoms with van der Waals surface area (Å²) in [4.78, 5) is 32.3. The number of hydrogen-bond donors (Lipinski definition) is 1. The van der Waals surface area contributed by atoms with Gasteiger partial charge in [-0.3, -0.25) is 0 Å². The van der Waals surface area contributed by atoms with E-state index >= 15 is 0 Å². The van der Waals surface area contributed by atoms with Crippen LogP contribution in [0.1, 0.15) is 46.1 Å². The summed E-state index contributed by atoms with van der Waals surface area (Å²) < 4.78 is 14.2. The molecule has 0 spiro atoms. The van der Waals surface area contributed by atoms with Crippen LogP contribution in [0.5, 0.6) is 0 Å². The largest absolute Gasteiger partial charge is 0.463 e. The molecule has 1 aromatic carbocycles. The lowest BCUT2D eigenvalue weighted by Gasteiger charge is -2.06. The molecular formula is C28H40O7. The van der Waals surface area contributed by atoms with Gasteiger partial charge in [-0.25, -0.2) is 14.4 Å². The first-order valence-electron chi connectivity index (χ1n) is 11.4. The predicted octanol–water partition coefficient (Wildman–Crippen LogP) is 5.07. The third-order valence-corrected chi connectivity index (χ3v) is 3.67. The Hall–Kier alpha value is -3.45. The van der Waals surface area contributed by atoms with Gasteiger partial charge in [-0.1, -0.05) is 83.3 Å². The average molecular weight is 489 g/mol. The molecule has 0 saturated carbocycles. The zero-order valence-corrected chi connectivity index (χ0v) is 21.5. The lowest BCUT2D eigenvalue weighted by Crippen LogP contribution is -2.10. The summed E-state index contributed by atoms with van der Waals surface area (Å²) in [6.07, 6.45) is 6.68. The van der Waals surface area contributed by atoms with Crippen molar-refractivity contribution in [2.45, 2.75) is 40.5 Å². The molecular weight excluding hydrogens is 448 g/mol. The van der Waals surface area contributed by atoms with Crippen LogP contribution < -0.4 is 0 Å². The molecule has 0 aromatic heterocycles. The predicted molar refractivity (Wildman–Crippen MR) is 139 cm³/mol. The molecule has 0 aliphatic rings. The van der Waals surface area contributed by atoms with E-state index in [2.05, 4.69) is 29.2 Å². The monoisotopic (exact) mass is 488 g/mol. The quantitative estimate of drug-likeness (QED) is 0.144. The Morgan fingerprint density at radius 3 is 2.11 bits per heavy atom. The topological polar surface area (TPSA) is 99.1 Å². The van der Waals surface area contributed by atoms with Crippen molar-refractivity contribution in [1.82, 2.24) is 0 Å². The van der Waals surface area contributed by atoms with E-state index in [1.54, 1.807) is 13.0 Å². The molecule has 7 heteroatoms. The van der Waals surface area contributed by atoms with E-state index in [1.165, 1.54) is 6.08 Å². The van der Waals surface area contributed by atoms with Crippen molar-refractivity contribution in [2.24, 2.45) is 5.92 Å². The molecule has 0 bridgehead atoms. The molecule has 1 aromatic rings. The smallest absolute Gasteiger partial charge is 0.337 e. The number of aliphatic hydroxyl groups is 1. The van der Waals surface area contributed by atoms with Crippen molar-refractivity contribution >= 4 is 24.0 Å². The molecule has 0 aliphatic carbocycles. The summed E-state index contributed by atoms with van der Waals surface area (Å²) in [6.45, 7) is 18.7. The van der Waals surface area contributed by atoms with Crippen LogP contribution >= 0.6 is 0 Å². The molecule has 0 aliphatic heterocycles. The van der Waals surface area contributed by atoms with E-state index in [9.17, 15) is 14.4 Å². The molecule has 35 heavy (non-hydrogen) atoms. The van der Waals surface area contributed by atoms with Crippen molar-refractivity contribution in [3.63, 3.8) is 0 Å². The van der Waals surface area contributed by atoms with Crippen molar-refractivity contribution in [3.8, 4) is 0 Å². The molecule has 0 unspecified atom stereocenters. The van der Waals surface area contributed by atoms with Crippen LogP contribution in [0.2, 0.25) is 0 Å². The highest BCUT2D eigenvalue weighted by Gasteiger charge is 2.06. The maximum absolute atomic E-state index is 11.5. The minimum Gasteiger partial charge on any atom is -0.463 e. The average Bonchev–Trinajstić information content (AvgIpc) is 2.85. The second-order valence-corrected chi connectivity index (χ2v) is 7.63. The number of aliphatic hydroxyl groups excluding tert-OH is 1. The van der Waals surface area contributed by atoms with E-state index < -0.39 is 5.97 Å². The third-order valence-electron chi connectivity index (χ3n) is 3.67. The maximum Gasteiger partial charge on any atom is 0.337 e. The number of carbonyl (C=O) groups excluding carboxylic acids is 3. The Balaban J connectivity index is 0. The first kappa shape index (κ1) is 33.7. The summed E-state index contributed by atoms with van der Waals surface area (Å²) in [6, 6.07) is 9.76. The molecule has 194 valence electrons. The molecule has 0 atom stereocenters. The van der Waals surface area contributed by atoms with Gasteiger partial charge in [0, 0.05) is 11.6 Å². The van der Waals surface area contributed by atoms with Crippen molar-refractivity contribution in [1.29, 1.82) is 0 Å². The minimum atomic E-state index is -0.455. The Bertz CT molecular complexity index is 806. The molecule has 7 nitrogen and oxygen atoms in total. The minimum absolute atomic E-state index is 0.0473. The molecule has 0 fully saturated rings. The number of hydrogen-bond acceptors (Lipinski definition) is 7. The van der Waals surface area contributed by atoms with E-state index in [4.69, 9.17) is 9.84 Å². The van der Waals surface area contributed by atoms with Gasteiger partial charge in [0.05, 0.1) is 25.4 Å². The van der Waals surface area contributed by atoms with Crippen LogP contribution in [0.3, 0.4) is 0 Å².